The first-order chi connectivity index (χ1) is 12.7. The van der Waals surface area contributed by atoms with E-state index in [1.165, 1.54) is 11.1 Å². The van der Waals surface area contributed by atoms with Gasteiger partial charge in [-0.2, -0.15) is 5.10 Å². The molecule has 1 atom stereocenters. The van der Waals surface area contributed by atoms with Crippen LogP contribution < -0.4 is 5.32 Å². The van der Waals surface area contributed by atoms with Crippen molar-refractivity contribution in [2.24, 2.45) is 0 Å². The molecule has 0 saturated carbocycles. The molecule has 1 aliphatic rings. The Bertz CT molecular complexity index is 886. The highest BCUT2D eigenvalue weighted by molar-refractivity contribution is 7.09. The van der Waals surface area contributed by atoms with Gasteiger partial charge in [0.1, 0.15) is 11.7 Å². The van der Waals surface area contributed by atoms with Gasteiger partial charge in [0.15, 0.2) is 0 Å². The minimum absolute atomic E-state index is 0.108. The number of aromatic nitrogens is 4. The van der Waals surface area contributed by atoms with E-state index in [1.54, 1.807) is 34.8 Å². The van der Waals surface area contributed by atoms with Gasteiger partial charge in [-0.15, -0.1) is 11.3 Å². The van der Waals surface area contributed by atoms with Crippen LogP contribution in [0.5, 0.6) is 0 Å². The van der Waals surface area contributed by atoms with E-state index in [2.05, 4.69) is 26.6 Å². The van der Waals surface area contributed by atoms with Crippen molar-refractivity contribution in [3.8, 4) is 0 Å². The molecule has 0 spiro atoms. The van der Waals surface area contributed by atoms with Gasteiger partial charge >= 0.3 is 0 Å². The molecule has 0 saturated heterocycles. The quantitative estimate of drug-likeness (QED) is 0.706. The van der Waals surface area contributed by atoms with Crippen LogP contribution in [-0.2, 0) is 17.8 Å². The van der Waals surface area contributed by atoms with Crippen LogP contribution in [-0.4, -0.2) is 49.6 Å². The number of thiophene rings is 1. The second-order valence-electron chi connectivity index (χ2n) is 6.08. The van der Waals surface area contributed by atoms with Crippen molar-refractivity contribution in [1.29, 1.82) is 0 Å². The van der Waals surface area contributed by atoms with Gasteiger partial charge in [-0.25, -0.2) is 4.98 Å². The van der Waals surface area contributed by atoms with E-state index >= 15 is 0 Å². The number of imidazole rings is 1. The smallest absolute Gasteiger partial charge is 0.272 e. The lowest BCUT2D eigenvalue weighted by Gasteiger charge is -2.33. The van der Waals surface area contributed by atoms with Gasteiger partial charge in [-0.05, 0) is 23.9 Å². The third-order valence-corrected chi connectivity index (χ3v) is 5.34. The Kier molecular flexibility index (Phi) is 4.53. The van der Waals surface area contributed by atoms with E-state index in [4.69, 9.17) is 0 Å². The van der Waals surface area contributed by atoms with Gasteiger partial charge in [0, 0.05) is 23.8 Å². The normalized spacial score (nSPS) is 16.3. The van der Waals surface area contributed by atoms with Gasteiger partial charge in [-0.3, -0.25) is 14.7 Å². The third kappa shape index (κ3) is 3.25. The number of amides is 2. The molecule has 0 radical (unpaired) electrons. The lowest BCUT2D eigenvalue weighted by Crippen LogP contribution is -2.46. The maximum absolute atomic E-state index is 12.7. The molecular formula is C17H18N6O2S. The van der Waals surface area contributed by atoms with Gasteiger partial charge < -0.3 is 14.8 Å². The van der Waals surface area contributed by atoms with Crippen LogP contribution in [0.25, 0.3) is 0 Å². The summed E-state index contributed by atoms with van der Waals surface area (Å²) < 4.78 is 1.84. The summed E-state index contributed by atoms with van der Waals surface area (Å²) in [6, 6.07) is 5.19. The zero-order chi connectivity index (χ0) is 17.9. The fourth-order valence-corrected chi connectivity index (χ4v) is 3.79. The van der Waals surface area contributed by atoms with Crippen LogP contribution in [0.3, 0.4) is 0 Å². The molecule has 4 rings (SSSR count). The van der Waals surface area contributed by atoms with Crippen LogP contribution in [0, 0.1) is 0 Å². The monoisotopic (exact) mass is 370 g/mol. The standard InChI is InChI=1S/C17H18N6O2S/c24-16(19-5-3-13-2-1-7-26-13)15-10-22(9-12-8-18-11-23(12)15)17(25)14-4-6-20-21-14/h1-2,4,6-8,11,15H,3,5,9-10H2,(H,19,24)(H,20,21)/t15-/m0/s1. The number of rotatable bonds is 5. The number of hydrogen-bond acceptors (Lipinski definition) is 5. The zero-order valence-electron chi connectivity index (χ0n) is 14.0. The van der Waals surface area contributed by atoms with E-state index in [0.29, 0.717) is 25.3 Å². The first-order valence-corrected chi connectivity index (χ1v) is 9.20. The van der Waals surface area contributed by atoms with E-state index in [9.17, 15) is 9.59 Å². The maximum atomic E-state index is 12.7. The third-order valence-electron chi connectivity index (χ3n) is 4.40. The van der Waals surface area contributed by atoms with E-state index < -0.39 is 6.04 Å². The second-order valence-corrected chi connectivity index (χ2v) is 7.12. The lowest BCUT2D eigenvalue weighted by atomic mass is 10.1. The first kappa shape index (κ1) is 16.5. The number of nitrogens with zero attached hydrogens (tertiary/aromatic N) is 4. The number of carbonyl (C=O) groups is 2. The molecular weight excluding hydrogens is 352 g/mol. The van der Waals surface area contributed by atoms with Crippen molar-refractivity contribution < 1.29 is 9.59 Å². The number of hydrogen-bond donors (Lipinski definition) is 2. The minimum Gasteiger partial charge on any atom is -0.354 e. The Hall–Kier alpha value is -2.94. The molecule has 8 nitrogen and oxygen atoms in total. The van der Waals surface area contributed by atoms with Crippen molar-refractivity contribution in [2.75, 3.05) is 13.1 Å². The molecule has 134 valence electrons. The molecule has 26 heavy (non-hydrogen) atoms. The number of nitrogens with one attached hydrogen (secondary N) is 2. The molecule has 0 aliphatic carbocycles. The van der Waals surface area contributed by atoms with Crippen molar-refractivity contribution in [3.63, 3.8) is 0 Å². The molecule has 2 amide bonds. The predicted molar refractivity (Wildman–Crippen MR) is 95.6 cm³/mol. The molecule has 2 N–H and O–H groups in total. The molecule has 1 aliphatic heterocycles. The fourth-order valence-electron chi connectivity index (χ4n) is 3.08. The van der Waals surface area contributed by atoms with Crippen molar-refractivity contribution >= 4 is 23.2 Å². The van der Waals surface area contributed by atoms with E-state index in [0.717, 1.165) is 12.1 Å². The zero-order valence-corrected chi connectivity index (χ0v) is 14.8. The van der Waals surface area contributed by atoms with E-state index in [-0.39, 0.29) is 11.8 Å². The summed E-state index contributed by atoms with van der Waals surface area (Å²) in [7, 11) is 0. The lowest BCUT2D eigenvalue weighted by molar-refractivity contribution is -0.125. The maximum Gasteiger partial charge on any atom is 0.272 e. The largest absolute Gasteiger partial charge is 0.354 e. The van der Waals surface area contributed by atoms with Crippen LogP contribution in [0.4, 0.5) is 0 Å². The van der Waals surface area contributed by atoms with Gasteiger partial charge in [0.25, 0.3) is 5.91 Å². The highest BCUT2D eigenvalue weighted by Gasteiger charge is 2.33. The molecule has 3 aromatic heterocycles. The SMILES string of the molecule is O=C(NCCc1cccs1)[C@@H]1CN(C(=O)c2ccn[nH]2)Cc2cncn21. The summed E-state index contributed by atoms with van der Waals surface area (Å²) in [5.41, 5.74) is 1.25. The summed E-state index contributed by atoms with van der Waals surface area (Å²) in [6.45, 7) is 1.28. The molecule has 0 bridgehead atoms. The van der Waals surface area contributed by atoms with Crippen LogP contribution in [0.2, 0.25) is 0 Å². The summed E-state index contributed by atoms with van der Waals surface area (Å²) in [6.07, 6.45) is 5.68. The first-order valence-electron chi connectivity index (χ1n) is 8.32. The van der Waals surface area contributed by atoms with Gasteiger partial charge in [-0.1, -0.05) is 6.07 Å². The summed E-state index contributed by atoms with van der Waals surface area (Å²) in [5, 5.41) is 11.5. The minimum atomic E-state index is -0.489. The Labute approximate surface area is 153 Å². The number of fused-ring (bicyclic) bond motifs is 1. The fraction of sp³-hybridized carbons (Fsp3) is 0.294. The second kappa shape index (κ2) is 7.12. The van der Waals surface area contributed by atoms with Gasteiger partial charge in [0.2, 0.25) is 5.91 Å². The molecule has 0 aromatic carbocycles. The molecule has 3 aromatic rings. The molecule has 4 heterocycles. The van der Waals surface area contributed by atoms with Crippen molar-refractivity contribution in [1.82, 2.24) is 30.0 Å². The van der Waals surface area contributed by atoms with Crippen molar-refractivity contribution in [3.05, 3.63) is 58.6 Å². The number of carbonyl (C=O) groups excluding carboxylic acids is 2. The number of aromatic amines is 1. The summed E-state index contributed by atoms with van der Waals surface area (Å²) in [4.78, 5) is 32.4. The average molecular weight is 370 g/mol. The Morgan fingerprint density at radius 1 is 1.38 bits per heavy atom. The van der Waals surface area contributed by atoms with Crippen LogP contribution in [0.1, 0.15) is 27.1 Å². The average Bonchev–Trinajstić information content (AvgIpc) is 3.41. The Balaban J connectivity index is 1.46. The molecule has 9 heteroatoms. The highest BCUT2D eigenvalue weighted by atomic mass is 32.1. The highest BCUT2D eigenvalue weighted by Crippen LogP contribution is 2.22. The summed E-state index contributed by atoms with van der Waals surface area (Å²) in [5.74, 6) is -0.283. The molecule has 0 fully saturated rings. The topological polar surface area (TPSA) is 95.9 Å². The van der Waals surface area contributed by atoms with E-state index in [1.807, 2.05) is 16.0 Å². The Morgan fingerprint density at radius 3 is 3.08 bits per heavy atom. The van der Waals surface area contributed by atoms with Gasteiger partial charge in [0.05, 0.1) is 25.1 Å². The van der Waals surface area contributed by atoms with Crippen LogP contribution >= 0.6 is 11.3 Å². The number of H-pyrrole nitrogens is 1. The Morgan fingerprint density at radius 2 is 2.31 bits per heavy atom. The summed E-state index contributed by atoms with van der Waals surface area (Å²) >= 11 is 1.67. The predicted octanol–water partition coefficient (Wildman–Crippen LogP) is 1.22. The molecule has 0 unspecified atom stereocenters. The van der Waals surface area contributed by atoms with Crippen LogP contribution in [0.15, 0.2) is 42.3 Å². The van der Waals surface area contributed by atoms with Crippen molar-refractivity contribution in [2.45, 2.75) is 19.0 Å².